The predicted octanol–water partition coefficient (Wildman–Crippen LogP) is 2.82. The average Bonchev–Trinajstić information content (AvgIpc) is 2.69. The Labute approximate surface area is 120 Å². The van der Waals surface area contributed by atoms with Gasteiger partial charge in [0.1, 0.15) is 5.75 Å². The van der Waals surface area contributed by atoms with Gasteiger partial charge < -0.3 is 10.1 Å². The maximum Gasteiger partial charge on any atom is 0.120 e. The van der Waals surface area contributed by atoms with Gasteiger partial charge in [-0.3, -0.25) is 4.68 Å². The molecule has 0 amide bonds. The minimum absolute atomic E-state index is 0.108. The highest BCUT2D eigenvalue weighted by Gasteiger charge is 2.17. The Morgan fingerprint density at radius 1 is 1.25 bits per heavy atom. The Hall–Kier alpha value is -1.81. The summed E-state index contributed by atoms with van der Waals surface area (Å²) in [5.74, 6) is 0.900. The fourth-order valence-corrected chi connectivity index (χ4v) is 2.43. The molecule has 0 aliphatic heterocycles. The van der Waals surface area contributed by atoms with E-state index < -0.39 is 0 Å². The second-order valence-electron chi connectivity index (χ2n) is 5.29. The number of ether oxygens (including phenoxy) is 1. The zero-order chi connectivity index (χ0) is 14.7. The summed E-state index contributed by atoms with van der Waals surface area (Å²) in [5.41, 5.74) is 3.35. The highest BCUT2D eigenvalue weighted by molar-refractivity contribution is 5.35. The van der Waals surface area contributed by atoms with Crippen LogP contribution in [0.2, 0.25) is 0 Å². The molecular weight excluding hydrogens is 250 g/mol. The van der Waals surface area contributed by atoms with E-state index in [9.17, 15) is 0 Å². The molecule has 4 heteroatoms. The van der Waals surface area contributed by atoms with Gasteiger partial charge in [-0.2, -0.15) is 5.10 Å². The van der Waals surface area contributed by atoms with Crippen molar-refractivity contribution in [1.82, 2.24) is 15.1 Å². The Morgan fingerprint density at radius 3 is 2.55 bits per heavy atom. The number of hydrogen-bond donors (Lipinski definition) is 1. The van der Waals surface area contributed by atoms with Crippen LogP contribution in [0.3, 0.4) is 0 Å². The summed E-state index contributed by atoms with van der Waals surface area (Å²) in [5, 5.41) is 7.77. The summed E-state index contributed by atoms with van der Waals surface area (Å²) in [6.07, 6.45) is 0.178. The molecule has 0 aliphatic rings. The fourth-order valence-electron chi connectivity index (χ4n) is 2.43. The third-order valence-corrected chi connectivity index (χ3v) is 3.19. The molecule has 4 nitrogen and oxygen atoms in total. The molecule has 0 bridgehead atoms. The van der Waals surface area contributed by atoms with Gasteiger partial charge in [-0.1, -0.05) is 12.1 Å². The average molecular weight is 273 g/mol. The third-order valence-electron chi connectivity index (χ3n) is 3.19. The molecule has 0 radical (unpaired) electrons. The van der Waals surface area contributed by atoms with E-state index >= 15 is 0 Å². The summed E-state index contributed by atoms with van der Waals surface area (Å²) < 4.78 is 7.69. The van der Waals surface area contributed by atoms with Crippen molar-refractivity contribution < 1.29 is 4.74 Å². The van der Waals surface area contributed by atoms with E-state index in [1.54, 1.807) is 0 Å². The first-order valence-corrected chi connectivity index (χ1v) is 6.95. The van der Waals surface area contributed by atoms with Crippen molar-refractivity contribution in [2.24, 2.45) is 7.05 Å². The summed E-state index contributed by atoms with van der Waals surface area (Å²) in [6.45, 7) is 6.08. The van der Waals surface area contributed by atoms with Gasteiger partial charge in [-0.05, 0) is 51.6 Å². The van der Waals surface area contributed by atoms with Gasteiger partial charge in [0, 0.05) is 7.05 Å². The molecule has 2 rings (SSSR count). The molecular formula is C16H23N3O. The SMILES string of the molecule is CNC(c1cccc(OC(C)C)c1)c1cc(C)nn1C. The largest absolute Gasteiger partial charge is 0.491 e. The molecule has 0 spiro atoms. The van der Waals surface area contributed by atoms with Crippen LogP contribution in [-0.4, -0.2) is 22.9 Å². The van der Waals surface area contributed by atoms with Crippen LogP contribution in [0.5, 0.6) is 5.75 Å². The van der Waals surface area contributed by atoms with Crippen molar-refractivity contribution in [3.8, 4) is 5.75 Å². The molecule has 1 aromatic heterocycles. The number of hydrogen-bond acceptors (Lipinski definition) is 3. The smallest absolute Gasteiger partial charge is 0.120 e. The molecule has 0 saturated heterocycles. The van der Waals surface area contributed by atoms with Crippen molar-refractivity contribution in [2.75, 3.05) is 7.05 Å². The first-order chi connectivity index (χ1) is 9.51. The van der Waals surface area contributed by atoms with Crippen LogP contribution in [0.15, 0.2) is 30.3 Å². The lowest BCUT2D eigenvalue weighted by Crippen LogP contribution is -2.20. The van der Waals surface area contributed by atoms with E-state index in [-0.39, 0.29) is 12.1 Å². The Bertz CT molecular complexity index is 575. The maximum atomic E-state index is 5.77. The van der Waals surface area contributed by atoms with Crippen LogP contribution in [0.1, 0.15) is 36.8 Å². The quantitative estimate of drug-likeness (QED) is 0.910. The van der Waals surface area contributed by atoms with Crippen molar-refractivity contribution in [3.05, 3.63) is 47.3 Å². The van der Waals surface area contributed by atoms with Gasteiger partial charge in [0.25, 0.3) is 0 Å². The van der Waals surface area contributed by atoms with Crippen molar-refractivity contribution in [2.45, 2.75) is 32.9 Å². The minimum Gasteiger partial charge on any atom is -0.491 e. The number of aryl methyl sites for hydroxylation is 2. The lowest BCUT2D eigenvalue weighted by atomic mass is 10.0. The van der Waals surface area contributed by atoms with Gasteiger partial charge in [0.2, 0.25) is 0 Å². The zero-order valence-corrected chi connectivity index (χ0v) is 12.8. The number of benzene rings is 1. The highest BCUT2D eigenvalue weighted by Crippen LogP contribution is 2.25. The molecule has 1 atom stereocenters. The second kappa shape index (κ2) is 6.09. The Morgan fingerprint density at radius 2 is 2.00 bits per heavy atom. The van der Waals surface area contributed by atoms with Gasteiger partial charge in [-0.25, -0.2) is 0 Å². The first-order valence-electron chi connectivity index (χ1n) is 6.95. The van der Waals surface area contributed by atoms with Gasteiger partial charge >= 0.3 is 0 Å². The van der Waals surface area contributed by atoms with Crippen molar-refractivity contribution >= 4 is 0 Å². The van der Waals surface area contributed by atoms with Crippen LogP contribution in [0.25, 0.3) is 0 Å². The molecule has 2 aromatic rings. The molecule has 20 heavy (non-hydrogen) atoms. The van der Waals surface area contributed by atoms with Gasteiger partial charge in [0.15, 0.2) is 0 Å². The topological polar surface area (TPSA) is 39.1 Å². The summed E-state index contributed by atoms with van der Waals surface area (Å²) in [6, 6.07) is 10.4. The summed E-state index contributed by atoms with van der Waals surface area (Å²) >= 11 is 0. The molecule has 1 heterocycles. The highest BCUT2D eigenvalue weighted by atomic mass is 16.5. The summed E-state index contributed by atoms with van der Waals surface area (Å²) in [7, 11) is 3.93. The first kappa shape index (κ1) is 14.6. The molecule has 0 saturated carbocycles. The van der Waals surface area contributed by atoms with Gasteiger partial charge in [0.05, 0.1) is 23.5 Å². The van der Waals surface area contributed by atoms with Crippen LogP contribution < -0.4 is 10.1 Å². The standard InChI is InChI=1S/C16H23N3O/c1-11(2)20-14-8-6-7-13(10-14)16(17-4)15-9-12(3)18-19(15)5/h6-11,16-17H,1-5H3. The van der Waals surface area contributed by atoms with E-state index in [2.05, 4.69) is 28.6 Å². The van der Waals surface area contributed by atoms with E-state index in [1.807, 2.05) is 51.7 Å². The molecule has 1 unspecified atom stereocenters. The van der Waals surface area contributed by atoms with Crippen molar-refractivity contribution in [1.29, 1.82) is 0 Å². The number of nitrogens with one attached hydrogen (secondary N) is 1. The normalized spacial score (nSPS) is 12.7. The Kier molecular flexibility index (Phi) is 4.45. The monoisotopic (exact) mass is 273 g/mol. The van der Waals surface area contributed by atoms with E-state index in [0.717, 1.165) is 17.1 Å². The van der Waals surface area contributed by atoms with Crippen LogP contribution in [0, 0.1) is 6.92 Å². The summed E-state index contributed by atoms with van der Waals surface area (Å²) in [4.78, 5) is 0. The third kappa shape index (κ3) is 3.20. The number of nitrogens with zero attached hydrogens (tertiary/aromatic N) is 2. The molecule has 0 fully saturated rings. The van der Waals surface area contributed by atoms with Gasteiger partial charge in [-0.15, -0.1) is 0 Å². The van der Waals surface area contributed by atoms with Crippen LogP contribution in [-0.2, 0) is 7.05 Å². The molecule has 0 aliphatic carbocycles. The maximum absolute atomic E-state index is 5.77. The molecule has 108 valence electrons. The number of rotatable bonds is 5. The lowest BCUT2D eigenvalue weighted by molar-refractivity contribution is 0.242. The van der Waals surface area contributed by atoms with Crippen LogP contribution in [0.4, 0.5) is 0 Å². The molecule has 1 N–H and O–H groups in total. The van der Waals surface area contributed by atoms with Crippen molar-refractivity contribution in [3.63, 3.8) is 0 Å². The molecule has 1 aromatic carbocycles. The van der Waals surface area contributed by atoms with E-state index in [4.69, 9.17) is 4.74 Å². The lowest BCUT2D eigenvalue weighted by Gasteiger charge is -2.18. The van der Waals surface area contributed by atoms with Crippen LogP contribution >= 0.6 is 0 Å². The van der Waals surface area contributed by atoms with E-state index in [1.165, 1.54) is 5.56 Å². The minimum atomic E-state index is 0.108. The second-order valence-corrected chi connectivity index (χ2v) is 5.29. The number of aromatic nitrogens is 2. The van der Waals surface area contributed by atoms with E-state index in [0.29, 0.717) is 0 Å². The predicted molar refractivity (Wildman–Crippen MR) is 81.1 cm³/mol. The zero-order valence-electron chi connectivity index (χ0n) is 12.8. The Balaban J connectivity index is 2.34. The fraction of sp³-hybridized carbons (Fsp3) is 0.438.